The highest BCUT2D eigenvalue weighted by atomic mass is 16.2. The Bertz CT molecular complexity index is 771. The minimum atomic E-state index is -0.165. The summed E-state index contributed by atoms with van der Waals surface area (Å²) in [6, 6.07) is 5.42. The first-order chi connectivity index (χ1) is 15.1. The van der Waals surface area contributed by atoms with E-state index in [0.717, 1.165) is 56.1 Å². The number of rotatable bonds is 16. The molecule has 8 nitrogen and oxygen atoms in total. The van der Waals surface area contributed by atoms with Crippen LogP contribution in [0.1, 0.15) is 60.0 Å². The van der Waals surface area contributed by atoms with Gasteiger partial charge in [-0.3, -0.25) is 19.8 Å². The van der Waals surface area contributed by atoms with Crippen LogP contribution in [0, 0.1) is 11.8 Å². The van der Waals surface area contributed by atoms with Gasteiger partial charge in [-0.1, -0.05) is 17.9 Å². The molecule has 1 aromatic rings. The molecule has 168 valence electrons. The molecule has 0 atom stereocenters. The molecule has 0 unspecified atom stereocenters. The molecule has 0 bridgehead atoms. The molecule has 0 aliphatic carbocycles. The van der Waals surface area contributed by atoms with Crippen LogP contribution in [0.15, 0.2) is 18.2 Å². The van der Waals surface area contributed by atoms with E-state index in [4.69, 9.17) is 0 Å². The van der Waals surface area contributed by atoms with Crippen molar-refractivity contribution in [1.29, 1.82) is 0 Å². The lowest BCUT2D eigenvalue weighted by molar-refractivity contribution is -0.125. The number of nitrogens with one attached hydrogen (secondary N) is 3. The summed E-state index contributed by atoms with van der Waals surface area (Å²) in [6.07, 6.45) is 6.02. The third-order valence-electron chi connectivity index (χ3n) is 4.36. The fourth-order valence-corrected chi connectivity index (χ4v) is 2.81. The van der Waals surface area contributed by atoms with E-state index < -0.39 is 0 Å². The minimum Gasteiger partial charge on any atom is -0.359 e. The number of hydrazine groups is 1. The third-order valence-corrected chi connectivity index (χ3v) is 4.36. The molecule has 1 aromatic carbocycles. The number of carbonyl (C=O) groups is 4. The lowest BCUT2D eigenvalue weighted by Crippen LogP contribution is -2.38. The van der Waals surface area contributed by atoms with Crippen LogP contribution < -0.4 is 16.1 Å². The van der Waals surface area contributed by atoms with Crippen LogP contribution in [-0.2, 0) is 20.9 Å². The fourth-order valence-electron chi connectivity index (χ4n) is 2.81. The van der Waals surface area contributed by atoms with E-state index >= 15 is 0 Å². The zero-order valence-electron chi connectivity index (χ0n) is 18.1. The molecule has 0 saturated heterocycles. The number of hydrogen-bond acceptors (Lipinski definition) is 6. The van der Waals surface area contributed by atoms with Gasteiger partial charge in [-0.25, -0.2) is 5.01 Å². The molecule has 0 radical (unpaired) electrons. The second kappa shape index (κ2) is 16.7. The van der Waals surface area contributed by atoms with Gasteiger partial charge in [0.15, 0.2) is 0 Å². The van der Waals surface area contributed by atoms with Gasteiger partial charge in [-0.15, -0.1) is 0 Å². The summed E-state index contributed by atoms with van der Waals surface area (Å²) >= 11 is 0. The van der Waals surface area contributed by atoms with Crippen molar-refractivity contribution in [3.63, 3.8) is 0 Å². The topological polar surface area (TPSA) is 108 Å². The molecule has 0 heterocycles. The predicted molar refractivity (Wildman–Crippen MR) is 119 cm³/mol. The first kappa shape index (κ1) is 26.0. The van der Waals surface area contributed by atoms with Gasteiger partial charge < -0.3 is 15.4 Å². The molecular weight excluding hydrogens is 396 g/mol. The maximum Gasteiger partial charge on any atom is 0.234 e. The Morgan fingerprint density at radius 3 is 2.65 bits per heavy atom. The van der Waals surface area contributed by atoms with Crippen LogP contribution in [0.25, 0.3) is 0 Å². The second-order valence-electron chi connectivity index (χ2n) is 7.06. The summed E-state index contributed by atoms with van der Waals surface area (Å²) in [5.41, 5.74) is 4.90. The molecule has 3 N–H and O–H groups in total. The standard InChI is InChI=1S/C23H32N4O4/c1-27(26-23(31)9-4-6-15-28)17-22-16-20(10-11-21(22)18-29)8-3-2-5-12-24-13-7-14-25-19-30/h10-11,15-16,18-19,24H,2,4-7,9,12-14,17H2,1H3,(H,25,30)(H,26,31). The van der Waals surface area contributed by atoms with Gasteiger partial charge >= 0.3 is 0 Å². The highest BCUT2D eigenvalue weighted by Crippen LogP contribution is 2.12. The minimum absolute atomic E-state index is 0.165. The van der Waals surface area contributed by atoms with E-state index in [0.29, 0.717) is 37.9 Å². The van der Waals surface area contributed by atoms with Crippen LogP contribution in [-0.4, -0.2) is 56.6 Å². The van der Waals surface area contributed by atoms with E-state index in [1.54, 1.807) is 18.1 Å². The Morgan fingerprint density at radius 1 is 1.10 bits per heavy atom. The fraction of sp³-hybridized carbons (Fsp3) is 0.478. The Labute approximate surface area is 184 Å². The highest BCUT2D eigenvalue weighted by Gasteiger charge is 2.09. The molecule has 0 spiro atoms. The lowest BCUT2D eigenvalue weighted by Gasteiger charge is -2.19. The van der Waals surface area contributed by atoms with E-state index in [-0.39, 0.29) is 12.3 Å². The molecule has 31 heavy (non-hydrogen) atoms. The van der Waals surface area contributed by atoms with Gasteiger partial charge in [0, 0.05) is 50.5 Å². The van der Waals surface area contributed by atoms with Crippen molar-refractivity contribution in [2.45, 2.75) is 45.1 Å². The summed E-state index contributed by atoms with van der Waals surface area (Å²) in [5.74, 6) is 6.10. The Kier molecular flexibility index (Phi) is 14.1. The number of nitrogens with zero attached hydrogens (tertiary/aromatic N) is 1. The van der Waals surface area contributed by atoms with E-state index in [1.807, 2.05) is 12.1 Å². The highest BCUT2D eigenvalue weighted by molar-refractivity contribution is 5.78. The van der Waals surface area contributed by atoms with E-state index in [1.165, 1.54) is 0 Å². The zero-order valence-corrected chi connectivity index (χ0v) is 18.1. The number of unbranched alkanes of at least 4 members (excludes halogenated alkanes) is 2. The molecule has 0 aliphatic heterocycles. The average Bonchev–Trinajstić information content (AvgIpc) is 2.75. The van der Waals surface area contributed by atoms with Crippen LogP contribution in [0.2, 0.25) is 0 Å². The first-order valence-corrected chi connectivity index (χ1v) is 10.5. The molecule has 8 heteroatoms. The third kappa shape index (κ3) is 12.3. The van der Waals surface area contributed by atoms with E-state index in [9.17, 15) is 19.2 Å². The van der Waals surface area contributed by atoms with Crippen LogP contribution in [0.4, 0.5) is 0 Å². The molecule has 0 aliphatic rings. The normalized spacial score (nSPS) is 10.1. The van der Waals surface area contributed by atoms with Gasteiger partial charge in [0.05, 0.1) is 0 Å². The van der Waals surface area contributed by atoms with Crippen molar-refractivity contribution < 1.29 is 19.2 Å². The summed E-state index contributed by atoms with van der Waals surface area (Å²) in [5, 5.41) is 7.55. The van der Waals surface area contributed by atoms with E-state index in [2.05, 4.69) is 27.9 Å². The molecule has 0 aromatic heterocycles. The predicted octanol–water partition coefficient (Wildman–Crippen LogP) is 1.19. The molecule has 1 rings (SSSR count). The maximum atomic E-state index is 11.9. The summed E-state index contributed by atoms with van der Waals surface area (Å²) < 4.78 is 0. The van der Waals surface area contributed by atoms with Gasteiger partial charge in [0.2, 0.25) is 12.3 Å². The zero-order chi connectivity index (χ0) is 22.7. The first-order valence-electron chi connectivity index (χ1n) is 10.5. The van der Waals surface area contributed by atoms with Crippen LogP contribution in [0.3, 0.4) is 0 Å². The number of hydrogen-bond donors (Lipinski definition) is 3. The monoisotopic (exact) mass is 428 g/mol. The van der Waals surface area contributed by atoms with Crippen molar-refractivity contribution >= 4 is 24.9 Å². The van der Waals surface area contributed by atoms with Crippen LogP contribution in [0.5, 0.6) is 0 Å². The van der Waals surface area contributed by atoms with Crippen molar-refractivity contribution in [1.82, 2.24) is 21.1 Å². The number of aldehydes is 2. The van der Waals surface area contributed by atoms with Crippen molar-refractivity contribution in [3.8, 4) is 11.8 Å². The summed E-state index contributed by atoms with van der Waals surface area (Å²) in [7, 11) is 1.73. The van der Waals surface area contributed by atoms with Crippen molar-refractivity contribution in [3.05, 3.63) is 34.9 Å². The van der Waals surface area contributed by atoms with Crippen molar-refractivity contribution in [2.75, 3.05) is 26.7 Å². The molecule has 0 saturated carbocycles. The number of benzene rings is 1. The van der Waals surface area contributed by atoms with Gasteiger partial charge in [-0.2, -0.15) is 0 Å². The SMILES string of the molecule is CN(Cc1cc(C#CCCCNCCCNC=O)ccc1C=O)NC(=O)CCCC=O. The van der Waals surface area contributed by atoms with Gasteiger partial charge in [-0.05, 0) is 50.0 Å². The quantitative estimate of drug-likeness (QED) is 0.158. The molecular formula is C23H32N4O4. The number of carbonyl (C=O) groups excluding carboxylic acids is 4. The van der Waals surface area contributed by atoms with Crippen molar-refractivity contribution in [2.24, 2.45) is 0 Å². The Balaban J connectivity index is 2.48. The average molecular weight is 429 g/mol. The smallest absolute Gasteiger partial charge is 0.234 e. The Hall–Kier alpha value is -3.02. The molecule has 2 amide bonds. The largest absolute Gasteiger partial charge is 0.359 e. The molecule has 0 fully saturated rings. The number of amides is 2. The second-order valence-corrected chi connectivity index (χ2v) is 7.06. The van der Waals surface area contributed by atoms with Gasteiger partial charge in [0.25, 0.3) is 0 Å². The maximum absolute atomic E-state index is 11.9. The summed E-state index contributed by atoms with van der Waals surface area (Å²) in [4.78, 5) is 43.7. The lowest BCUT2D eigenvalue weighted by atomic mass is 10.0. The Morgan fingerprint density at radius 2 is 1.90 bits per heavy atom. The van der Waals surface area contributed by atoms with Gasteiger partial charge in [0.1, 0.15) is 12.6 Å². The summed E-state index contributed by atoms with van der Waals surface area (Å²) in [6.45, 7) is 2.76. The van der Waals surface area contributed by atoms with Crippen LogP contribution >= 0.6 is 0 Å².